The molecule has 0 saturated carbocycles. The summed E-state index contributed by atoms with van der Waals surface area (Å²) in [5.74, 6) is -0.965. The monoisotopic (exact) mass is 412 g/mol. The molecule has 1 amide bonds. The quantitative estimate of drug-likeness (QED) is 0.806. The molecule has 3 atom stereocenters. The molecule has 6 nitrogen and oxygen atoms in total. The van der Waals surface area contributed by atoms with Gasteiger partial charge < -0.3 is 10.4 Å². The van der Waals surface area contributed by atoms with Crippen LogP contribution in [-0.4, -0.2) is 48.2 Å². The molecular weight excluding hydrogens is 391 g/mol. The molecule has 1 saturated heterocycles. The van der Waals surface area contributed by atoms with Gasteiger partial charge in [0.05, 0.1) is 23.9 Å². The Labute approximate surface area is 161 Å². The van der Waals surface area contributed by atoms with Crippen molar-refractivity contribution in [3.63, 3.8) is 0 Å². The van der Waals surface area contributed by atoms with Crippen LogP contribution in [0.1, 0.15) is 34.6 Å². The van der Waals surface area contributed by atoms with E-state index in [1.165, 1.54) is 39.9 Å². The molecule has 9 heteroatoms. The number of aliphatic hydroxyl groups is 1. The summed E-state index contributed by atoms with van der Waals surface area (Å²) in [6.45, 7) is 1.74. The van der Waals surface area contributed by atoms with Crippen LogP contribution in [0.4, 0.5) is 4.39 Å². The van der Waals surface area contributed by atoms with Gasteiger partial charge in [-0.05, 0) is 49.1 Å². The average molecular weight is 413 g/mol. The van der Waals surface area contributed by atoms with Gasteiger partial charge in [0.15, 0.2) is 0 Å². The van der Waals surface area contributed by atoms with E-state index >= 15 is 0 Å². The molecule has 1 aliphatic heterocycles. The zero-order valence-corrected chi connectivity index (χ0v) is 16.6. The number of hydrogen-bond donors (Lipinski definition) is 2. The van der Waals surface area contributed by atoms with Crippen molar-refractivity contribution in [1.29, 1.82) is 0 Å². The van der Waals surface area contributed by atoms with Crippen molar-refractivity contribution in [3.05, 3.63) is 58.0 Å². The second-order valence-electron chi connectivity index (χ2n) is 6.90. The van der Waals surface area contributed by atoms with Crippen LogP contribution < -0.4 is 5.32 Å². The van der Waals surface area contributed by atoms with E-state index in [1.807, 2.05) is 5.38 Å². The topological polar surface area (TPSA) is 86.7 Å². The summed E-state index contributed by atoms with van der Waals surface area (Å²) in [6.07, 6.45) is 1.29. The number of benzene rings is 1. The highest BCUT2D eigenvalue weighted by molar-refractivity contribution is 7.88. The molecule has 1 aromatic heterocycles. The maximum atomic E-state index is 13.1. The van der Waals surface area contributed by atoms with E-state index in [-0.39, 0.29) is 18.5 Å². The Morgan fingerprint density at radius 2 is 2.00 bits per heavy atom. The summed E-state index contributed by atoms with van der Waals surface area (Å²) in [7, 11) is -3.56. The summed E-state index contributed by atoms with van der Waals surface area (Å²) < 4.78 is 39.1. The molecule has 2 N–H and O–H groups in total. The number of amides is 1. The largest absolute Gasteiger partial charge is 0.388 e. The number of hydrogen-bond acceptors (Lipinski definition) is 5. The molecule has 1 fully saturated rings. The van der Waals surface area contributed by atoms with E-state index < -0.39 is 39.4 Å². The third-order valence-corrected chi connectivity index (χ3v) is 6.99. The van der Waals surface area contributed by atoms with Crippen LogP contribution in [0.2, 0.25) is 0 Å². The number of rotatable bonds is 4. The fourth-order valence-corrected chi connectivity index (χ4v) is 5.35. The van der Waals surface area contributed by atoms with Gasteiger partial charge in [-0.25, -0.2) is 12.8 Å². The van der Waals surface area contributed by atoms with Crippen LogP contribution in [0.15, 0.2) is 41.8 Å². The van der Waals surface area contributed by atoms with E-state index in [2.05, 4.69) is 5.32 Å². The summed E-state index contributed by atoms with van der Waals surface area (Å²) >= 11 is 1.36. The molecule has 27 heavy (non-hydrogen) atoms. The minimum Gasteiger partial charge on any atom is -0.388 e. The van der Waals surface area contributed by atoms with E-state index in [4.69, 9.17) is 0 Å². The summed E-state index contributed by atoms with van der Waals surface area (Å²) in [5.41, 5.74) is -1.08. The fourth-order valence-electron chi connectivity index (χ4n) is 3.34. The second kappa shape index (κ2) is 7.31. The van der Waals surface area contributed by atoms with E-state index in [1.54, 1.807) is 19.1 Å². The molecular formula is C18H21FN2O4S2. The summed E-state index contributed by atoms with van der Waals surface area (Å²) in [5, 5.41) is 15.5. The number of carbonyl (C=O) groups excluding carboxylic acids is 1. The molecule has 3 unspecified atom stereocenters. The van der Waals surface area contributed by atoms with Crippen LogP contribution in [-0.2, 0) is 10.0 Å². The minimum absolute atomic E-state index is 0.150. The van der Waals surface area contributed by atoms with Gasteiger partial charge >= 0.3 is 0 Å². The van der Waals surface area contributed by atoms with Gasteiger partial charge in [0.25, 0.3) is 5.91 Å². The zero-order chi connectivity index (χ0) is 19.8. The fraction of sp³-hybridized carbons (Fsp3) is 0.389. The molecule has 0 radical (unpaired) electrons. The van der Waals surface area contributed by atoms with Crippen molar-refractivity contribution in [2.75, 3.05) is 12.8 Å². The Morgan fingerprint density at radius 1 is 1.33 bits per heavy atom. The zero-order valence-electron chi connectivity index (χ0n) is 14.9. The van der Waals surface area contributed by atoms with E-state index in [0.29, 0.717) is 0 Å². The predicted octanol–water partition coefficient (Wildman–Crippen LogP) is 2.14. The Kier molecular flexibility index (Phi) is 5.40. The smallest absolute Gasteiger partial charge is 0.251 e. The molecule has 0 aliphatic carbocycles. The van der Waals surface area contributed by atoms with E-state index in [9.17, 15) is 22.7 Å². The molecule has 146 valence electrons. The first-order chi connectivity index (χ1) is 12.6. The van der Waals surface area contributed by atoms with Crippen molar-refractivity contribution in [2.24, 2.45) is 0 Å². The van der Waals surface area contributed by atoms with Gasteiger partial charge in [-0.2, -0.15) is 4.31 Å². The summed E-state index contributed by atoms with van der Waals surface area (Å²) in [4.78, 5) is 13.4. The van der Waals surface area contributed by atoms with Crippen molar-refractivity contribution < 1.29 is 22.7 Å². The average Bonchev–Trinajstić information content (AvgIpc) is 3.10. The van der Waals surface area contributed by atoms with Crippen LogP contribution in [0.3, 0.4) is 0 Å². The number of nitrogens with zero attached hydrogens (tertiary/aromatic N) is 1. The van der Waals surface area contributed by atoms with Gasteiger partial charge in [0.2, 0.25) is 10.0 Å². The maximum Gasteiger partial charge on any atom is 0.251 e. The van der Waals surface area contributed by atoms with Crippen LogP contribution in [0, 0.1) is 5.82 Å². The first-order valence-corrected chi connectivity index (χ1v) is 11.1. The molecule has 0 spiro atoms. The standard InChI is InChI=1S/C18H21FN2O4S2/c1-18(23)9-10-21(27(2,24)25)15(14-4-3-11-26-14)16(18)20-17(22)12-5-7-13(19)8-6-12/h3-8,11,15-16,23H,9-10H2,1-2H3,(H,20,22). The molecule has 3 rings (SSSR count). The lowest BCUT2D eigenvalue weighted by atomic mass is 9.83. The molecule has 2 aromatic rings. The molecule has 1 aliphatic rings. The maximum absolute atomic E-state index is 13.1. The number of halogens is 1. The Bertz CT molecular complexity index is 911. The number of nitrogens with one attached hydrogen (secondary N) is 1. The van der Waals surface area contributed by atoms with E-state index in [0.717, 1.165) is 11.1 Å². The Hall–Kier alpha value is -1.81. The van der Waals surface area contributed by atoms with Crippen molar-refractivity contribution in [1.82, 2.24) is 9.62 Å². The van der Waals surface area contributed by atoms with Crippen LogP contribution >= 0.6 is 11.3 Å². The van der Waals surface area contributed by atoms with Gasteiger partial charge in [0, 0.05) is 17.0 Å². The number of piperidine rings is 1. The molecule has 0 bridgehead atoms. The lowest BCUT2D eigenvalue weighted by Crippen LogP contribution is -2.63. The molecule has 1 aromatic carbocycles. The van der Waals surface area contributed by atoms with Crippen LogP contribution in [0.25, 0.3) is 0 Å². The minimum atomic E-state index is -3.56. The number of sulfonamides is 1. The highest BCUT2D eigenvalue weighted by Crippen LogP contribution is 2.40. The second-order valence-corrected chi connectivity index (χ2v) is 9.81. The van der Waals surface area contributed by atoms with Crippen LogP contribution in [0.5, 0.6) is 0 Å². The third-order valence-electron chi connectivity index (χ3n) is 4.79. The normalized spacial score (nSPS) is 26.7. The highest BCUT2D eigenvalue weighted by atomic mass is 32.2. The number of thiophene rings is 1. The third kappa shape index (κ3) is 4.21. The summed E-state index contributed by atoms with van der Waals surface area (Å²) in [6, 6.07) is 7.02. The lowest BCUT2D eigenvalue weighted by Gasteiger charge is -2.47. The molecule has 2 heterocycles. The van der Waals surface area contributed by atoms with Crippen molar-refractivity contribution >= 4 is 27.3 Å². The SMILES string of the molecule is CC1(O)CCN(S(C)(=O)=O)C(c2cccs2)C1NC(=O)c1ccc(F)cc1. The predicted molar refractivity (Wildman–Crippen MR) is 102 cm³/mol. The number of carbonyl (C=O) groups is 1. The first kappa shape index (κ1) is 19.9. The first-order valence-electron chi connectivity index (χ1n) is 8.38. The Balaban J connectivity index is 1.99. The lowest BCUT2D eigenvalue weighted by molar-refractivity contribution is -0.0409. The van der Waals surface area contributed by atoms with Crippen molar-refractivity contribution in [2.45, 2.75) is 31.0 Å². The Morgan fingerprint density at radius 3 is 2.56 bits per heavy atom. The van der Waals surface area contributed by atoms with Gasteiger partial charge in [0.1, 0.15) is 5.82 Å². The van der Waals surface area contributed by atoms with Gasteiger partial charge in [-0.3, -0.25) is 4.79 Å². The highest BCUT2D eigenvalue weighted by Gasteiger charge is 2.49. The van der Waals surface area contributed by atoms with Gasteiger partial charge in [-0.1, -0.05) is 6.07 Å². The van der Waals surface area contributed by atoms with Gasteiger partial charge in [-0.15, -0.1) is 11.3 Å². The van der Waals surface area contributed by atoms with Crippen molar-refractivity contribution in [3.8, 4) is 0 Å².